The molecule has 1 aliphatic heterocycles. The zero-order valence-corrected chi connectivity index (χ0v) is 10.2. The quantitative estimate of drug-likeness (QED) is 0.785. The van der Waals surface area contributed by atoms with E-state index in [1.165, 1.54) is 6.07 Å². The molecule has 4 nitrogen and oxygen atoms in total. The number of carbonyl (C=O) groups is 1. The lowest BCUT2D eigenvalue weighted by molar-refractivity contribution is 0.0957. The van der Waals surface area contributed by atoms with Crippen LogP contribution in [0.5, 0.6) is 5.75 Å². The van der Waals surface area contributed by atoms with Crippen molar-refractivity contribution in [2.24, 2.45) is 0 Å². The Morgan fingerprint density at radius 3 is 2.83 bits per heavy atom. The van der Waals surface area contributed by atoms with Gasteiger partial charge in [-0.3, -0.25) is 4.79 Å². The zero-order valence-electron chi connectivity index (χ0n) is 10.2. The molecular formula is C13H17FN2O2. The fraction of sp³-hybridized carbons (Fsp3) is 0.462. The van der Waals surface area contributed by atoms with Crippen molar-refractivity contribution in [2.75, 3.05) is 32.7 Å². The SMILES string of the molecule is O=C(CCN1CCNCC1)c1cc(F)ccc1O. The van der Waals surface area contributed by atoms with E-state index in [-0.39, 0.29) is 17.1 Å². The number of rotatable bonds is 4. The van der Waals surface area contributed by atoms with Crippen molar-refractivity contribution >= 4 is 5.78 Å². The lowest BCUT2D eigenvalue weighted by Crippen LogP contribution is -2.44. The molecule has 1 heterocycles. The number of piperazine rings is 1. The van der Waals surface area contributed by atoms with Crippen LogP contribution in [0.4, 0.5) is 4.39 Å². The van der Waals surface area contributed by atoms with Crippen molar-refractivity contribution < 1.29 is 14.3 Å². The monoisotopic (exact) mass is 252 g/mol. The number of hydrogen-bond acceptors (Lipinski definition) is 4. The fourth-order valence-electron chi connectivity index (χ4n) is 2.06. The Morgan fingerprint density at radius 1 is 1.39 bits per heavy atom. The Bertz CT molecular complexity index is 431. The van der Waals surface area contributed by atoms with Gasteiger partial charge in [0.25, 0.3) is 0 Å². The lowest BCUT2D eigenvalue weighted by atomic mass is 10.1. The second-order valence-electron chi connectivity index (χ2n) is 4.43. The number of ketones is 1. The lowest BCUT2D eigenvalue weighted by Gasteiger charge is -2.26. The van der Waals surface area contributed by atoms with E-state index in [0.717, 1.165) is 38.3 Å². The van der Waals surface area contributed by atoms with Crippen molar-refractivity contribution in [2.45, 2.75) is 6.42 Å². The first-order valence-corrected chi connectivity index (χ1v) is 6.11. The molecule has 18 heavy (non-hydrogen) atoms. The van der Waals surface area contributed by atoms with Gasteiger partial charge in [-0.15, -0.1) is 0 Å². The van der Waals surface area contributed by atoms with Crippen LogP contribution >= 0.6 is 0 Å². The molecule has 5 heteroatoms. The molecule has 0 radical (unpaired) electrons. The highest BCUT2D eigenvalue weighted by Gasteiger charge is 2.15. The van der Waals surface area contributed by atoms with Crippen LogP contribution in [0.15, 0.2) is 18.2 Å². The first-order chi connectivity index (χ1) is 8.66. The van der Waals surface area contributed by atoms with Crippen LogP contribution in [0.25, 0.3) is 0 Å². The molecule has 0 saturated carbocycles. The Kier molecular flexibility index (Phi) is 4.28. The number of carbonyl (C=O) groups excluding carboxylic acids is 1. The van der Waals surface area contributed by atoms with Crippen LogP contribution in [-0.2, 0) is 0 Å². The van der Waals surface area contributed by atoms with Gasteiger partial charge in [-0.05, 0) is 18.2 Å². The van der Waals surface area contributed by atoms with Gasteiger partial charge in [0.1, 0.15) is 11.6 Å². The summed E-state index contributed by atoms with van der Waals surface area (Å²) in [5, 5.41) is 12.8. The van der Waals surface area contributed by atoms with E-state index in [1.807, 2.05) is 0 Å². The third-order valence-corrected chi connectivity index (χ3v) is 3.12. The van der Waals surface area contributed by atoms with Crippen LogP contribution in [0.2, 0.25) is 0 Å². The van der Waals surface area contributed by atoms with E-state index in [4.69, 9.17) is 0 Å². The van der Waals surface area contributed by atoms with Crippen molar-refractivity contribution in [3.05, 3.63) is 29.6 Å². The van der Waals surface area contributed by atoms with E-state index < -0.39 is 5.82 Å². The van der Waals surface area contributed by atoms with Gasteiger partial charge in [0, 0.05) is 39.1 Å². The third kappa shape index (κ3) is 3.27. The van der Waals surface area contributed by atoms with Gasteiger partial charge in [-0.1, -0.05) is 0 Å². The van der Waals surface area contributed by atoms with Gasteiger partial charge in [-0.25, -0.2) is 4.39 Å². The molecule has 0 aliphatic carbocycles. The predicted molar refractivity (Wildman–Crippen MR) is 66.3 cm³/mol. The highest BCUT2D eigenvalue weighted by molar-refractivity contribution is 5.98. The smallest absolute Gasteiger partial charge is 0.167 e. The maximum atomic E-state index is 13.0. The van der Waals surface area contributed by atoms with Gasteiger partial charge in [0.2, 0.25) is 0 Å². The molecule has 0 spiro atoms. The van der Waals surface area contributed by atoms with E-state index in [1.54, 1.807) is 0 Å². The first kappa shape index (κ1) is 13.0. The average Bonchev–Trinajstić information content (AvgIpc) is 2.40. The molecule has 2 rings (SSSR count). The average molecular weight is 252 g/mol. The molecule has 1 aromatic carbocycles. The molecule has 0 unspecified atom stereocenters. The van der Waals surface area contributed by atoms with Crippen LogP contribution < -0.4 is 5.32 Å². The summed E-state index contributed by atoms with van der Waals surface area (Å²) in [5.74, 6) is -0.870. The molecule has 0 atom stereocenters. The second kappa shape index (κ2) is 5.93. The molecule has 1 fully saturated rings. The number of hydrogen-bond donors (Lipinski definition) is 2. The minimum Gasteiger partial charge on any atom is -0.507 e. The van der Waals surface area contributed by atoms with Gasteiger partial charge in [-0.2, -0.15) is 0 Å². The maximum absolute atomic E-state index is 13.0. The highest BCUT2D eigenvalue weighted by Crippen LogP contribution is 2.19. The molecule has 0 bridgehead atoms. The Hall–Kier alpha value is -1.46. The number of nitrogens with one attached hydrogen (secondary N) is 1. The van der Waals surface area contributed by atoms with E-state index in [0.29, 0.717) is 13.0 Å². The first-order valence-electron chi connectivity index (χ1n) is 6.11. The number of benzene rings is 1. The van der Waals surface area contributed by atoms with Crippen molar-refractivity contribution in [3.8, 4) is 5.75 Å². The van der Waals surface area contributed by atoms with Crippen LogP contribution in [0.3, 0.4) is 0 Å². The highest BCUT2D eigenvalue weighted by atomic mass is 19.1. The van der Waals surface area contributed by atoms with Crippen LogP contribution in [0.1, 0.15) is 16.8 Å². The van der Waals surface area contributed by atoms with Crippen LogP contribution in [0, 0.1) is 5.82 Å². The number of Topliss-reactive ketones (excluding diaryl/α,β-unsaturated/α-hetero) is 1. The molecule has 0 amide bonds. The van der Waals surface area contributed by atoms with Crippen molar-refractivity contribution in [1.82, 2.24) is 10.2 Å². The summed E-state index contributed by atoms with van der Waals surface area (Å²) in [6.07, 6.45) is 0.303. The zero-order chi connectivity index (χ0) is 13.0. The Balaban J connectivity index is 1.92. The van der Waals surface area contributed by atoms with Crippen molar-refractivity contribution in [3.63, 3.8) is 0 Å². The minimum atomic E-state index is -0.502. The molecule has 1 aromatic rings. The predicted octanol–water partition coefficient (Wildman–Crippen LogP) is 1.01. The van der Waals surface area contributed by atoms with E-state index in [2.05, 4.69) is 10.2 Å². The molecule has 2 N–H and O–H groups in total. The number of phenolic OH excluding ortho intramolecular Hbond substituents is 1. The van der Waals surface area contributed by atoms with Gasteiger partial charge in [0.05, 0.1) is 5.56 Å². The van der Waals surface area contributed by atoms with E-state index >= 15 is 0 Å². The minimum absolute atomic E-state index is 0.0742. The summed E-state index contributed by atoms with van der Waals surface area (Å²) in [4.78, 5) is 14.1. The van der Waals surface area contributed by atoms with Crippen LogP contribution in [-0.4, -0.2) is 48.5 Å². The maximum Gasteiger partial charge on any atom is 0.167 e. The molecule has 0 aromatic heterocycles. The Labute approximate surface area is 105 Å². The fourth-order valence-corrected chi connectivity index (χ4v) is 2.06. The summed E-state index contributed by atoms with van der Waals surface area (Å²) in [5.41, 5.74) is 0.0742. The van der Waals surface area contributed by atoms with E-state index in [9.17, 15) is 14.3 Å². The molecule has 1 aliphatic rings. The topological polar surface area (TPSA) is 52.6 Å². The summed E-state index contributed by atoms with van der Waals surface area (Å²) in [6, 6.07) is 3.45. The van der Waals surface area contributed by atoms with Gasteiger partial charge < -0.3 is 15.3 Å². The summed E-state index contributed by atoms with van der Waals surface area (Å²) in [7, 11) is 0. The molecular weight excluding hydrogens is 235 g/mol. The summed E-state index contributed by atoms with van der Waals surface area (Å²) < 4.78 is 13.0. The largest absolute Gasteiger partial charge is 0.507 e. The number of aromatic hydroxyl groups is 1. The number of phenols is 1. The number of nitrogens with zero attached hydrogens (tertiary/aromatic N) is 1. The summed E-state index contributed by atoms with van der Waals surface area (Å²) >= 11 is 0. The normalized spacial score (nSPS) is 16.7. The molecule has 98 valence electrons. The van der Waals surface area contributed by atoms with Crippen molar-refractivity contribution in [1.29, 1.82) is 0 Å². The molecule has 1 saturated heterocycles. The second-order valence-corrected chi connectivity index (χ2v) is 4.43. The third-order valence-electron chi connectivity index (χ3n) is 3.12. The van der Waals surface area contributed by atoms with Gasteiger partial charge in [0.15, 0.2) is 5.78 Å². The number of halogens is 1. The summed E-state index contributed by atoms with van der Waals surface area (Å²) in [6.45, 7) is 4.35. The standard InChI is InChI=1S/C13H17FN2O2/c14-10-1-2-12(17)11(9-10)13(18)3-6-16-7-4-15-5-8-16/h1-2,9,15,17H,3-8H2. The van der Waals surface area contributed by atoms with Gasteiger partial charge >= 0.3 is 0 Å². The Morgan fingerprint density at radius 2 is 2.11 bits per heavy atom.